The second-order valence-corrected chi connectivity index (χ2v) is 8.24. The molecule has 0 aromatic heterocycles. The fourth-order valence-electron chi connectivity index (χ4n) is 2.54. The molecule has 0 bridgehead atoms. The quantitative estimate of drug-likeness (QED) is 0.301. The molecule has 0 aliphatic heterocycles. The number of carbonyl (C=O) groups is 1. The number of allylic oxidation sites excluding steroid dienone is 1. The molecule has 1 atom stereocenters. The molecule has 150 valence electrons. The van der Waals surface area contributed by atoms with E-state index in [0.29, 0.717) is 0 Å². The topological polar surface area (TPSA) is 29.4 Å². The van der Waals surface area contributed by atoms with Crippen LogP contribution in [0.5, 0.6) is 0 Å². The molecule has 0 N–H and O–H groups in total. The first kappa shape index (κ1) is 23.9. The van der Waals surface area contributed by atoms with E-state index in [1.165, 1.54) is 22.9 Å². The maximum atomic E-state index is 11.6. The van der Waals surface area contributed by atoms with Crippen LogP contribution in [0.3, 0.4) is 0 Å². The fraction of sp³-hybridized carbons (Fsp3) is 0.360. The summed E-state index contributed by atoms with van der Waals surface area (Å²) in [5.41, 5.74) is 6.79. The maximum Gasteiger partial charge on any atom is 0.142 e. The highest BCUT2D eigenvalue weighted by Gasteiger charge is 2.12. The molecular formula is C25H33NOS. The Morgan fingerprint density at radius 1 is 0.821 bits per heavy atom. The molecule has 0 heterocycles. The van der Waals surface area contributed by atoms with Crippen molar-refractivity contribution < 1.29 is 4.79 Å². The highest BCUT2D eigenvalue weighted by atomic mass is 32.2. The summed E-state index contributed by atoms with van der Waals surface area (Å²) >= 11 is 1.52. The van der Waals surface area contributed by atoms with E-state index in [0.717, 1.165) is 27.4 Å². The Labute approximate surface area is 175 Å². The number of nitrogens with zero attached hydrogens (tertiary/aromatic N) is 1. The van der Waals surface area contributed by atoms with Crippen molar-refractivity contribution in [2.24, 2.45) is 4.99 Å². The van der Waals surface area contributed by atoms with Crippen molar-refractivity contribution in [3.63, 3.8) is 0 Å². The van der Waals surface area contributed by atoms with E-state index in [-0.39, 0.29) is 11.0 Å². The number of benzene rings is 2. The molecule has 0 amide bonds. The Morgan fingerprint density at radius 2 is 1.25 bits per heavy atom. The fourth-order valence-corrected chi connectivity index (χ4v) is 3.36. The monoisotopic (exact) mass is 395 g/mol. The van der Waals surface area contributed by atoms with Gasteiger partial charge in [0.2, 0.25) is 0 Å². The SMILES string of the molecule is CC.CC(=O)C(C)SC(C)=N/C(=C(\C)c1ccc(C)cc1)c1ccc(C)cc1. The van der Waals surface area contributed by atoms with Crippen LogP contribution < -0.4 is 0 Å². The number of carbonyl (C=O) groups excluding carboxylic acids is 1. The van der Waals surface area contributed by atoms with Crippen molar-refractivity contribution in [3.8, 4) is 0 Å². The second-order valence-electron chi connectivity index (χ2n) is 6.71. The number of rotatable bonds is 5. The molecule has 0 aliphatic rings. The molecule has 0 fully saturated rings. The van der Waals surface area contributed by atoms with Crippen LogP contribution in [0.25, 0.3) is 11.3 Å². The lowest BCUT2D eigenvalue weighted by atomic mass is 9.99. The summed E-state index contributed by atoms with van der Waals surface area (Å²) < 4.78 is 0. The van der Waals surface area contributed by atoms with Crippen LogP contribution in [0.15, 0.2) is 53.5 Å². The van der Waals surface area contributed by atoms with Crippen molar-refractivity contribution in [1.29, 1.82) is 0 Å². The van der Waals surface area contributed by atoms with Crippen LogP contribution in [0.2, 0.25) is 0 Å². The first-order valence-corrected chi connectivity index (χ1v) is 10.7. The molecule has 2 rings (SSSR count). The molecule has 2 aromatic rings. The first-order valence-electron chi connectivity index (χ1n) is 9.85. The van der Waals surface area contributed by atoms with E-state index in [9.17, 15) is 4.79 Å². The van der Waals surface area contributed by atoms with Crippen molar-refractivity contribution >= 4 is 33.9 Å². The van der Waals surface area contributed by atoms with Gasteiger partial charge in [-0.2, -0.15) is 0 Å². The van der Waals surface area contributed by atoms with Gasteiger partial charge >= 0.3 is 0 Å². The van der Waals surface area contributed by atoms with Gasteiger partial charge < -0.3 is 0 Å². The van der Waals surface area contributed by atoms with E-state index in [1.807, 2.05) is 27.7 Å². The summed E-state index contributed by atoms with van der Waals surface area (Å²) in [7, 11) is 0. The van der Waals surface area contributed by atoms with Gasteiger partial charge in [0, 0.05) is 5.56 Å². The standard InChI is InChI=1S/C23H27NOS.C2H6/c1-15-7-11-21(12-8-15)17(3)23(22-13-9-16(2)10-14-22)24-20(6)26-19(5)18(4)25;1-2/h7-14,19H,1-6H3;1-2H3/b23-17+,24-20?;. The number of aliphatic imine (C=N–C) groups is 1. The number of hydrogen-bond acceptors (Lipinski definition) is 3. The van der Waals surface area contributed by atoms with Gasteiger partial charge in [0.05, 0.1) is 16.0 Å². The minimum absolute atomic E-state index is 0.0855. The van der Waals surface area contributed by atoms with Crippen molar-refractivity contribution in [2.75, 3.05) is 0 Å². The Kier molecular flexibility index (Phi) is 9.95. The molecule has 0 aliphatic carbocycles. The van der Waals surface area contributed by atoms with Gasteiger partial charge in [-0.15, -0.1) is 11.8 Å². The summed E-state index contributed by atoms with van der Waals surface area (Å²) in [4.78, 5) is 16.5. The maximum absolute atomic E-state index is 11.6. The van der Waals surface area contributed by atoms with Crippen LogP contribution in [-0.4, -0.2) is 16.1 Å². The highest BCUT2D eigenvalue weighted by molar-refractivity contribution is 8.14. The molecule has 0 spiro atoms. The van der Waals surface area contributed by atoms with Gasteiger partial charge in [0.15, 0.2) is 0 Å². The van der Waals surface area contributed by atoms with Crippen molar-refractivity contribution in [1.82, 2.24) is 0 Å². The van der Waals surface area contributed by atoms with Gasteiger partial charge in [0.1, 0.15) is 5.78 Å². The average Bonchev–Trinajstić information content (AvgIpc) is 2.68. The molecule has 2 aromatic carbocycles. The molecule has 0 saturated carbocycles. The Morgan fingerprint density at radius 3 is 1.68 bits per heavy atom. The summed E-state index contributed by atoms with van der Waals surface area (Å²) in [6, 6.07) is 16.9. The number of aryl methyl sites for hydroxylation is 2. The average molecular weight is 396 g/mol. The number of Topliss-reactive ketones (excluding diaryl/α,β-unsaturated/α-hetero) is 1. The molecule has 0 saturated heterocycles. The number of hydrogen-bond donors (Lipinski definition) is 0. The van der Waals surface area contributed by atoms with Crippen LogP contribution in [0.1, 0.15) is 63.8 Å². The third kappa shape index (κ3) is 7.12. The molecule has 28 heavy (non-hydrogen) atoms. The molecule has 1 unspecified atom stereocenters. The second kappa shape index (κ2) is 11.7. The smallest absolute Gasteiger partial charge is 0.142 e. The predicted molar refractivity (Wildman–Crippen MR) is 127 cm³/mol. The summed E-state index contributed by atoms with van der Waals surface area (Å²) in [5.74, 6) is 0.167. The number of ketones is 1. The lowest BCUT2D eigenvalue weighted by molar-refractivity contribution is -0.116. The van der Waals surface area contributed by atoms with E-state index < -0.39 is 0 Å². The van der Waals surface area contributed by atoms with Gasteiger partial charge in [-0.3, -0.25) is 4.79 Å². The zero-order valence-electron chi connectivity index (χ0n) is 18.5. The Hall–Kier alpha value is -2.13. The van der Waals surface area contributed by atoms with Crippen molar-refractivity contribution in [3.05, 3.63) is 70.8 Å². The number of thioether (sulfide) groups is 1. The van der Waals surface area contributed by atoms with Crippen LogP contribution in [0.4, 0.5) is 0 Å². The molecule has 3 heteroatoms. The minimum atomic E-state index is -0.0855. The third-order valence-corrected chi connectivity index (χ3v) is 5.47. The summed E-state index contributed by atoms with van der Waals surface area (Å²) in [6.45, 7) is 15.8. The van der Waals surface area contributed by atoms with E-state index in [1.54, 1.807) is 6.92 Å². The third-order valence-electron chi connectivity index (χ3n) is 4.35. The highest BCUT2D eigenvalue weighted by Crippen LogP contribution is 2.29. The van der Waals surface area contributed by atoms with Crippen molar-refractivity contribution in [2.45, 2.75) is 60.6 Å². The normalized spacial score (nSPS) is 13.2. The Bertz CT molecular complexity index is 830. The predicted octanol–water partition coefficient (Wildman–Crippen LogP) is 7.35. The molecule has 2 nitrogen and oxygen atoms in total. The van der Waals surface area contributed by atoms with Crippen LogP contribution in [0, 0.1) is 13.8 Å². The van der Waals surface area contributed by atoms with Gasteiger partial charge in [-0.25, -0.2) is 4.99 Å². The first-order chi connectivity index (χ1) is 13.3. The van der Waals surface area contributed by atoms with Gasteiger partial charge in [0.25, 0.3) is 0 Å². The molecular weight excluding hydrogens is 362 g/mol. The molecule has 0 radical (unpaired) electrons. The minimum Gasteiger partial charge on any atom is -0.299 e. The van der Waals surface area contributed by atoms with E-state index >= 15 is 0 Å². The van der Waals surface area contributed by atoms with E-state index in [4.69, 9.17) is 4.99 Å². The largest absolute Gasteiger partial charge is 0.299 e. The van der Waals surface area contributed by atoms with Crippen LogP contribution >= 0.6 is 11.8 Å². The lowest BCUT2D eigenvalue weighted by Gasteiger charge is -2.13. The Balaban J connectivity index is 0.00000190. The zero-order chi connectivity index (χ0) is 21.3. The summed E-state index contributed by atoms with van der Waals surface area (Å²) in [5, 5.41) is 0.812. The van der Waals surface area contributed by atoms with Gasteiger partial charge in [-0.1, -0.05) is 73.5 Å². The van der Waals surface area contributed by atoms with E-state index in [2.05, 4.69) is 69.3 Å². The summed E-state index contributed by atoms with van der Waals surface area (Å²) in [6.07, 6.45) is 0. The van der Waals surface area contributed by atoms with Gasteiger partial charge in [-0.05, 0) is 52.7 Å². The zero-order valence-corrected chi connectivity index (χ0v) is 19.3. The van der Waals surface area contributed by atoms with Crippen LogP contribution in [-0.2, 0) is 4.79 Å². The lowest BCUT2D eigenvalue weighted by Crippen LogP contribution is -2.10.